The van der Waals surface area contributed by atoms with Crippen LogP contribution in [0.4, 0.5) is 9.59 Å². The zero-order valence-corrected chi connectivity index (χ0v) is 10.3. The molecule has 0 aromatic carbocycles. The fraction of sp³-hybridized carbons (Fsp3) is 0.750. The largest absolute Gasteiger partial charge is 0.452 e. The highest BCUT2D eigenvalue weighted by Crippen LogP contribution is 1.96. The Hall–Kier alpha value is -1.58. The Labute approximate surface area is 99.4 Å². The molecular weight excluding hydrogens is 232 g/mol. The highest BCUT2D eigenvalue weighted by atomic mass is 16.6. The molecule has 0 fully saturated rings. The van der Waals surface area contributed by atoms with E-state index in [1.807, 2.05) is 0 Å². The first-order valence-corrected chi connectivity index (χ1v) is 4.58. The molecular formula is C8H20N4O5. The molecule has 0 atom stereocenters. The number of ether oxygens (including phenoxy) is 2. The van der Waals surface area contributed by atoms with Crippen LogP contribution in [-0.4, -0.2) is 29.9 Å². The van der Waals surface area contributed by atoms with E-state index < -0.39 is 12.2 Å². The van der Waals surface area contributed by atoms with E-state index in [0.29, 0.717) is 0 Å². The number of carbonyl (C=O) groups is 2. The maximum Gasteiger partial charge on any atom is 0.452 e. The molecule has 0 saturated heterocycles. The molecule has 0 aliphatic rings. The van der Waals surface area contributed by atoms with Crippen LogP contribution in [0.1, 0.15) is 27.7 Å². The Kier molecular flexibility index (Phi) is 15.3. The van der Waals surface area contributed by atoms with Crippen molar-refractivity contribution >= 4 is 12.2 Å². The van der Waals surface area contributed by atoms with Gasteiger partial charge < -0.3 is 14.9 Å². The highest BCUT2D eigenvalue weighted by molar-refractivity contribution is 5.73. The number of amides is 2. The molecule has 102 valence electrons. The number of hydrogen-bond acceptors (Lipinski definition) is 6. The molecule has 0 bridgehead atoms. The van der Waals surface area contributed by atoms with Gasteiger partial charge in [0.05, 0.1) is 12.2 Å². The number of carbonyl (C=O) groups excluding carboxylic acids is 2. The van der Waals surface area contributed by atoms with Crippen molar-refractivity contribution in [3.8, 4) is 0 Å². The second kappa shape index (κ2) is 12.5. The number of nitrogens with zero attached hydrogens (tertiary/aromatic N) is 2. The van der Waals surface area contributed by atoms with E-state index in [-0.39, 0.29) is 17.7 Å². The van der Waals surface area contributed by atoms with E-state index in [1.54, 1.807) is 27.7 Å². The van der Waals surface area contributed by atoms with Gasteiger partial charge in [-0.25, -0.2) is 9.59 Å². The van der Waals surface area contributed by atoms with Gasteiger partial charge in [-0.05, 0) is 27.7 Å². The molecule has 0 heterocycles. The van der Waals surface area contributed by atoms with Crippen molar-refractivity contribution < 1.29 is 24.5 Å². The lowest BCUT2D eigenvalue weighted by molar-refractivity contribution is 0.115. The van der Waals surface area contributed by atoms with Gasteiger partial charge in [0.25, 0.3) is 0 Å². The van der Waals surface area contributed by atoms with E-state index in [0.717, 1.165) is 0 Å². The minimum atomic E-state index is -0.902. The minimum absolute atomic E-state index is 0. The first-order valence-electron chi connectivity index (χ1n) is 4.58. The molecule has 0 radical (unpaired) electrons. The Morgan fingerprint density at radius 2 is 1.12 bits per heavy atom. The molecule has 9 heteroatoms. The lowest BCUT2D eigenvalue weighted by Gasteiger charge is -2.03. The van der Waals surface area contributed by atoms with E-state index in [4.69, 9.17) is 0 Å². The minimum Gasteiger partial charge on any atom is -0.444 e. The van der Waals surface area contributed by atoms with Crippen LogP contribution in [-0.2, 0) is 9.47 Å². The predicted molar refractivity (Wildman–Crippen MR) is 60.1 cm³/mol. The average Bonchev–Trinajstić information content (AvgIpc) is 2.16. The van der Waals surface area contributed by atoms with E-state index in [2.05, 4.69) is 31.4 Å². The number of nitrogens with two attached hydrogens (primary N) is 2. The summed E-state index contributed by atoms with van der Waals surface area (Å²) in [5, 5.41) is 6.01. The smallest absolute Gasteiger partial charge is 0.444 e. The zero-order valence-electron chi connectivity index (χ0n) is 10.3. The summed E-state index contributed by atoms with van der Waals surface area (Å²) in [5.41, 5.74) is 0. The maximum atomic E-state index is 10.8. The second-order valence-electron chi connectivity index (χ2n) is 3.07. The van der Waals surface area contributed by atoms with Crippen LogP contribution in [0, 0.1) is 0 Å². The van der Waals surface area contributed by atoms with Gasteiger partial charge in [0, 0.05) is 0 Å². The quantitative estimate of drug-likeness (QED) is 0.413. The highest BCUT2D eigenvalue weighted by Gasteiger charge is 2.06. The number of rotatable bonds is 2. The number of hydrogen-bond donors (Lipinski definition) is 2. The SMILES string of the molecule is CC(C)OC(=O)N=NC(=O)OC(C)C.NN.O. The molecule has 0 aliphatic carbocycles. The maximum absolute atomic E-state index is 10.8. The number of azo groups is 1. The molecule has 0 aliphatic heterocycles. The molecule has 0 spiro atoms. The van der Waals surface area contributed by atoms with Crippen molar-refractivity contribution in [2.24, 2.45) is 21.9 Å². The Bertz CT molecular complexity index is 218. The van der Waals surface area contributed by atoms with Crippen molar-refractivity contribution in [2.75, 3.05) is 0 Å². The van der Waals surface area contributed by atoms with Crippen LogP contribution in [0.25, 0.3) is 0 Å². The molecule has 0 aromatic rings. The normalized spacial score (nSPS) is 9.41. The Balaban J connectivity index is -0.000000616. The van der Waals surface area contributed by atoms with Crippen molar-refractivity contribution in [2.45, 2.75) is 39.9 Å². The van der Waals surface area contributed by atoms with E-state index in [1.165, 1.54) is 0 Å². The summed E-state index contributed by atoms with van der Waals surface area (Å²) in [6.07, 6.45) is -2.38. The average molecular weight is 252 g/mol. The van der Waals surface area contributed by atoms with Crippen molar-refractivity contribution in [1.29, 1.82) is 0 Å². The predicted octanol–water partition coefficient (Wildman–Crippen LogP) is 0.523. The Morgan fingerprint density at radius 1 is 0.882 bits per heavy atom. The second-order valence-corrected chi connectivity index (χ2v) is 3.07. The summed E-state index contributed by atoms with van der Waals surface area (Å²) < 4.78 is 9.20. The van der Waals surface area contributed by atoms with Gasteiger partial charge in [-0.3, -0.25) is 11.7 Å². The van der Waals surface area contributed by atoms with Gasteiger partial charge >= 0.3 is 12.2 Å². The molecule has 0 rings (SSSR count). The van der Waals surface area contributed by atoms with Crippen LogP contribution in [0.5, 0.6) is 0 Å². The standard InChI is InChI=1S/C8H14N2O4.H4N2.H2O/c1-5(2)13-7(11)9-10-8(12)14-6(3)4;1-2;/h5-6H,1-4H3;1-2H2;1H2. The first-order chi connectivity index (χ1) is 7.41. The van der Waals surface area contributed by atoms with Crippen molar-refractivity contribution in [1.82, 2.24) is 0 Å². The van der Waals surface area contributed by atoms with Crippen LogP contribution >= 0.6 is 0 Å². The van der Waals surface area contributed by atoms with Crippen LogP contribution in [0.15, 0.2) is 10.2 Å². The lowest BCUT2D eigenvalue weighted by Crippen LogP contribution is -2.09. The molecule has 0 aromatic heterocycles. The molecule has 17 heavy (non-hydrogen) atoms. The summed E-state index contributed by atoms with van der Waals surface area (Å²) >= 11 is 0. The van der Waals surface area contributed by atoms with Crippen molar-refractivity contribution in [3.63, 3.8) is 0 Å². The summed E-state index contributed by atoms with van der Waals surface area (Å²) in [6, 6.07) is 0. The zero-order chi connectivity index (χ0) is 13.1. The van der Waals surface area contributed by atoms with Gasteiger partial charge in [0.1, 0.15) is 0 Å². The van der Waals surface area contributed by atoms with E-state index >= 15 is 0 Å². The fourth-order valence-corrected chi connectivity index (χ4v) is 0.532. The molecule has 0 saturated carbocycles. The third kappa shape index (κ3) is 17.1. The molecule has 9 nitrogen and oxygen atoms in total. The van der Waals surface area contributed by atoms with Gasteiger partial charge in [0.15, 0.2) is 0 Å². The monoisotopic (exact) mass is 252 g/mol. The van der Waals surface area contributed by atoms with Crippen LogP contribution in [0.2, 0.25) is 0 Å². The summed E-state index contributed by atoms with van der Waals surface area (Å²) in [6.45, 7) is 6.67. The summed E-state index contributed by atoms with van der Waals surface area (Å²) in [5.74, 6) is 8.00. The van der Waals surface area contributed by atoms with Crippen molar-refractivity contribution in [3.05, 3.63) is 0 Å². The van der Waals surface area contributed by atoms with Gasteiger partial charge in [-0.2, -0.15) is 0 Å². The fourth-order valence-electron chi connectivity index (χ4n) is 0.532. The van der Waals surface area contributed by atoms with Gasteiger partial charge in [-0.1, -0.05) is 10.2 Å². The third-order valence-electron chi connectivity index (χ3n) is 0.886. The topological polar surface area (TPSA) is 161 Å². The van der Waals surface area contributed by atoms with Crippen LogP contribution in [0.3, 0.4) is 0 Å². The van der Waals surface area contributed by atoms with Gasteiger partial charge in [0.2, 0.25) is 0 Å². The summed E-state index contributed by atoms with van der Waals surface area (Å²) in [7, 11) is 0. The molecule has 2 amide bonds. The third-order valence-corrected chi connectivity index (χ3v) is 0.886. The van der Waals surface area contributed by atoms with Gasteiger partial charge in [-0.15, -0.1) is 0 Å². The molecule has 6 N–H and O–H groups in total. The Morgan fingerprint density at radius 3 is 1.29 bits per heavy atom. The van der Waals surface area contributed by atoms with E-state index in [9.17, 15) is 9.59 Å². The van der Waals surface area contributed by atoms with Crippen LogP contribution < -0.4 is 11.7 Å². The number of hydrazine groups is 1. The lowest BCUT2D eigenvalue weighted by atomic mass is 10.5. The first kappa shape index (κ1) is 20.8. The summed E-state index contributed by atoms with van der Waals surface area (Å²) in [4.78, 5) is 21.5. The molecule has 0 unspecified atom stereocenters.